The number of carbonyl (C=O) groups is 2. The molecule has 2 aromatic rings. The number of methoxy groups -OCH3 is 1. The van der Waals surface area contributed by atoms with Gasteiger partial charge in [0.05, 0.1) is 13.7 Å². The summed E-state index contributed by atoms with van der Waals surface area (Å²) in [7, 11) is 4.72. The Bertz CT molecular complexity index is 767. The van der Waals surface area contributed by atoms with Crippen LogP contribution in [0.3, 0.4) is 0 Å². The van der Waals surface area contributed by atoms with Crippen LogP contribution in [-0.4, -0.2) is 47.2 Å². The van der Waals surface area contributed by atoms with Crippen LogP contribution in [0.1, 0.15) is 21.5 Å². The Kier molecular flexibility index (Phi) is 5.23. The van der Waals surface area contributed by atoms with Gasteiger partial charge in [-0.2, -0.15) is 0 Å². The van der Waals surface area contributed by atoms with Crippen molar-refractivity contribution >= 4 is 17.5 Å². The zero-order chi connectivity index (χ0) is 17.9. The third kappa shape index (κ3) is 3.92. The largest absolute Gasteiger partial charge is 0.479 e. The summed E-state index contributed by atoms with van der Waals surface area (Å²) in [5.41, 5.74) is 3.10. The van der Waals surface area contributed by atoms with Gasteiger partial charge in [0.25, 0.3) is 5.91 Å². The lowest BCUT2D eigenvalue weighted by molar-refractivity contribution is -0.116. The van der Waals surface area contributed by atoms with Crippen LogP contribution in [0.5, 0.6) is 5.88 Å². The second-order valence-electron chi connectivity index (χ2n) is 5.75. The summed E-state index contributed by atoms with van der Waals surface area (Å²) in [6, 6.07) is 5.83. The number of ether oxygens (including phenoxy) is 1. The van der Waals surface area contributed by atoms with E-state index in [-0.39, 0.29) is 24.2 Å². The molecule has 0 aliphatic carbocycles. The standard InChI is InChI=1S/C17H22N4O3/c1-11-6-7-12(2)14(8-11)18-15(22)10-20(3)17(23)13-9-21(4)19-16(13)24-5/h6-9H,10H2,1-5H3,(H,18,22). The molecular formula is C17H22N4O3. The third-order valence-corrected chi connectivity index (χ3v) is 3.61. The summed E-state index contributed by atoms with van der Waals surface area (Å²) in [4.78, 5) is 26.0. The fraction of sp³-hybridized carbons (Fsp3) is 0.353. The number of benzene rings is 1. The lowest BCUT2D eigenvalue weighted by Crippen LogP contribution is -2.35. The Labute approximate surface area is 141 Å². The van der Waals surface area contributed by atoms with E-state index < -0.39 is 0 Å². The first kappa shape index (κ1) is 17.5. The summed E-state index contributed by atoms with van der Waals surface area (Å²) in [5.74, 6) is -0.345. The van der Waals surface area contributed by atoms with Crippen LogP contribution in [-0.2, 0) is 11.8 Å². The first-order valence-corrected chi connectivity index (χ1v) is 7.52. The van der Waals surface area contributed by atoms with E-state index in [0.29, 0.717) is 5.56 Å². The molecule has 0 fully saturated rings. The Morgan fingerprint density at radius 3 is 2.71 bits per heavy atom. The summed E-state index contributed by atoms with van der Waals surface area (Å²) in [6.07, 6.45) is 1.57. The van der Waals surface area contributed by atoms with Crippen LogP contribution >= 0.6 is 0 Å². The first-order chi connectivity index (χ1) is 11.3. The lowest BCUT2D eigenvalue weighted by atomic mass is 10.1. The van der Waals surface area contributed by atoms with Gasteiger partial charge >= 0.3 is 0 Å². The molecular weight excluding hydrogens is 308 g/mol. The van der Waals surface area contributed by atoms with Gasteiger partial charge in [-0.05, 0) is 31.0 Å². The maximum atomic E-state index is 12.5. The maximum absolute atomic E-state index is 12.5. The second kappa shape index (κ2) is 7.16. The van der Waals surface area contributed by atoms with E-state index in [2.05, 4.69) is 10.4 Å². The molecule has 2 rings (SSSR count). The minimum absolute atomic E-state index is 0.0652. The van der Waals surface area contributed by atoms with Gasteiger partial charge < -0.3 is 15.0 Å². The van der Waals surface area contributed by atoms with Crippen LogP contribution in [0, 0.1) is 13.8 Å². The van der Waals surface area contributed by atoms with Crippen LogP contribution in [0.25, 0.3) is 0 Å². The smallest absolute Gasteiger partial charge is 0.261 e. The van der Waals surface area contributed by atoms with Gasteiger partial charge in [0.15, 0.2) is 0 Å². The number of rotatable bonds is 5. The molecule has 0 saturated carbocycles. The third-order valence-electron chi connectivity index (χ3n) is 3.61. The number of amides is 2. The summed E-state index contributed by atoms with van der Waals surface area (Å²) >= 11 is 0. The van der Waals surface area contributed by atoms with Crippen molar-refractivity contribution in [1.29, 1.82) is 0 Å². The quantitative estimate of drug-likeness (QED) is 0.906. The second-order valence-corrected chi connectivity index (χ2v) is 5.75. The topological polar surface area (TPSA) is 76.5 Å². The number of anilines is 1. The van der Waals surface area contributed by atoms with Gasteiger partial charge in [0.2, 0.25) is 11.8 Å². The van der Waals surface area contributed by atoms with E-state index >= 15 is 0 Å². The molecule has 7 nitrogen and oxygen atoms in total. The minimum atomic E-state index is -0.323. The van der Waals surface area contributed by atoms with Crippen molar-refractivity contribution in [3.63, 3.8) is 0 Å². The summed E-state index contributed by atoms with van der Waals surface area (Å²) in [6.45, 7) is 3.81. The highest BCUT2D eigenvalue weighted by molar-refractivity contribution is 6.00. The highest BCUT2D eigenvalue weighted by Crippen LogP contribution is 2.18. The number of aryl methyl sites for hydroxylation is 3. The van der Waals surface area contributed by atoms with E-state index in [0.717, 1.165) is 16.8 Å². The predicted molar refractivity (Wildman–Crippen MR) is 91.3 cm³/mol. The number of likely N-dealkylation sites (N-methyl/N-ethyl adjacent to an activating group) is 1. The fourth-order valence-electron chi connectivity index (χ4n) is 2.32. The van der Waals surface area contributed by atoms with Crippen molar-refractivity contribution in [1.82, 2.24) is 14.7 Å². The van der Waals surface area contributed by atoms with Crippen molar-refractivity contribution in [2.24, 2.45) is 7.05 Å². The molecule has 0 atom stereocenters. The molecule has 0 bridgehead atoms. The van der Waals surface area contributed by atoms with Gasteiger partial charge in [0.1, 0.15) is 5.56 Å². The molecule has 1 heterocycles. The molecule has 1 aromatic carbocycles. The average molecular weight is 330 g/mol. The number of nitrogens with zero attached hydrogens (tertiary/aromatic N) is 3. The number of hydrogen-bond donors (Lipinski definition) is 1. The molecule has 0 aliphatic heterocycles. The Hall–Kier alpha value is -2.83. The molecule has 7 heteroatoms. The van der Waals surface area contributed by atoms with Gasteiger partial charge in [-0.1, -0.05) is 12.1 Å². The van der Waals surface area contributed by atoms with Crippen molar-refractivity contribution in [2.45, 2.75) is 13.8 Å². The van der Waals surface area contributed by atoms with Gasteiger partial charge in [-0.25, -0.2) is 0 Å². The Balaban J connectivity index is 2.05. The SMILES string of the molecule is COc1nn(C)cc1C(=O)N(C)CC(=O)Nc1cc(C)ccc1C. The fourth-order valence-corrected chi connectivity index (χ4v) is 2.32. The first-order valence-electron chi connectivity index (χ1n) is 7.52. The number of hydrogen-bond acceptors (Lipinski definition) is 4. The van der Waals surface area contributed by atoms with Crippen molar-refractivity contribution in [2.75, 3.05) is 26.0 Å². The highest BCUT2D eigenvalue weighted by atomic mass is 16.5. The molecule has 128 valence electrons. The number of aromatic nitrogens is 2. The normalized spacial score (nSPS) is 10.4. The van der Waals surface area contributed by atoms with E-state index in [9.17, 15) is 9.59 Å². The maximum Gasteiger partial charge on any atom is 0.261 e. The molecule has 0 saturated heterocycles. The average Bonchev–Trinajstić information content (AvgIpc) is 2.91. The monoisotopic (exact) mass is 330 g/mol. The van der Waals surface area contributed by atoms with E-state index in [4.69, 9.17) is 4.74 Å². The Morgan fingerprint density at radius 2 is 2.04 bits per heavy atom. The van der Waals surface area contributed by atoms with E-state index in [1.807, 2.05) is 32.0 Å². The van der Waals surface area contributed by atoms with Crippen molar-refractivity contribution in [3.8, 4) is 5.88 Å². The predicted octanol–water partition coefficient (Wildman–Crippen LogP) is 1.76. The van der Waals surface area contributed by atoms with Crippen molar-refractivity contribution in [3.05, 3.63) is 41.1 Å². The van der Waals surface area contributed by atoms with Crippen LogP contribution < -0.4 is 10.1 Å². The molecule has 1 aromatic heterocycles. The number of nitrogens with one attached hydrogen (secondary N) is 1. The molecule has 2 amide bonds. The zero-order valence-corrected chi connectivity index (χ0v) is 14.6. The Morgan fingerprint density at radius 1 is 1.33 bits per heavy atom. The van der Waals surface area contributed by atoms with Crippen LogP contribution in [0.4, 0.5) is 5.69 Å². The molecule has 0 unspecified atom stereocenters. The van der Waals surface area contributed by atoms with Crippen molar-refractivity contribution < 1.29 is 14.3 Å². The minimum Gasteiger partial charge on any atom is -0.479 e. The summed E-state index contributed by atoms with van der Waals surface area (Å²) < 4.78 is 6.58. The van der Waals surface area contributed by atoms with Crippen LogP contribution in [0.15, 0.2) is 24.4 Å². The van der Waals surface area contributed by atoms with E-state index in [1.54, 1.807) is 20.3 Å². The zero-order valence-electron chi connectivity index (χ0n) is 14.6. The molecule has 0 spiro atoms. The van der Waals surface area contributed by atoms with Gasteiger partial charge in [0, 0.05) is 26.0 Å². The number of carbonyl (C=O) groups excluding carboxylic acids is 2. The van der Waals surface area contributed by atoms with Gasteiger partial charge in [-0.3, -0.25) is 14.3 Å². The molecule has 0 aliphatic rings. The molecule has 0 radical (unpaired) electrons. The summed E-state index contributed by atoms with van der Waals surface area (Å²) in [5, 5.41) is 6.88. The van der Waals surface area contributed by atoms with Crippen LogP contribution in [0.2, 0.25) is 0 Å². The molecule has 24 heavy (non-hydrogen) atoms. The van der Waals surface area contributed by atoms with Gasteiger partial charge in [-0.15, -0.1) is 5.10 Å². The highest BCUT2D eigenvalue weighted by Gasteiger charge is 2.21. The lowest BCUT2D eigenvalue weighted by Gasteiger charge is -2.17. The molecule has 1 N–H and O–H groups in total. The van der Waals surface area contributed by atoms with E-state index in [1.165, 1.54) is 16.7 Å².